The van der Waals surface area contributed by atoms with Crippen molar-refractivity contribution in [1.29, 1.82) is 0 Å². The monoisotopic (exact) mass is 297 g/mol. The first-order valence-corrected chi connectivity index (χ1v) is 8.01. The molecule has 3 rings (SSSR count). The molecule has 1 N–H and O–H groups in total. The maximum Gasteiger partial charge on any atom is 0.183 e. The van der Waals surface area contributed by atoms with Crippen LogP contribution in [-0.4, -0.2) is 16.5 Å². The minimum atomic E-state index is 0.612. The maximum absolute atomic E-state index is 4.60. The number of pyridine rings is 1. The van der Waals surface area contributed by atoms with Crippen LogP contribution < -0.4 is 5.32 Å². The van der Waals surface area contributed by atoms with Crippen molar-refractivity contribution in [2.45, 2.75) is 20.8 Å². The smallest absolute Gasteiger partial charge is 0.183 e. The number of thiazole rings is 1. The van der Waals surface area contributed by atoms with E-state index in [1.165, 1.54) is 15.8 Å². The number of rotatable bonds is 4. The van der Waals surface area contributed by atoms with E-state index in [0.717, 1.165) is 22.9 Å². The zero-order valence-corrected chi connectivity index (χ0v) is 13.4. The number of aromatic nitrogens is 2. The lowest BCUT2D eigenvalue weighted by Crippen LogP contribution is -2.07. The summed E-state index contributed by atoms with van der Waals surface area (Å²) in [6.07, 6.45) is 1.95. The van der Waals surface area contributed by atoms with Crippen LogP contribution in [0.2, 0.25) is 0 Å². The van der Waals surface area contributed by atoms with E-state index in [1.807, 2.05) is 19.2 Å². The number of hydrogen-bond acceptors (Lipinski definition) is 4. The number of nitrogens with zero attached hydrogens (tertiary/aromatic N) is 2. The van der Waals surface area contributed by atoms with Crippen LogP contribution in [0, 0.1) is 12.8 Å². The Labute approximate surface area is 129 Å². The number of benzene rings is 1. The normalized spacial score (nSPS) is 11.2. The lowest BCUT2D eigenvalue weighted by molar-refractivity contribution is 0.688. The third kappa shape index (κ3) is 3.05. The molecule has 2 aromatic heterocycles. The number of aryl methyl sites for hydroxylation is 1. The fourth-order valence-electron chi connectivity index (χ4n) is 2.28. The Morgan fingerprint density at radius 1 is 1.24 bits per heavy atom. The van der Waals surface area contributed by atoms with Crippen molar-refractivity contribution in [3.05, 3.63) is 42.2 Å². The van der Waals surface area contributed by atoms with E-state index in [0.29, 0.717) is 5.92 Å². The van der Waals surface area contributed by atoms with Crippen LogP contribution in [0.1, 0.15) is 19.5 Å². The van der Waals surface area contributed by atoms with Crippen molar-refractivity contribution in [2.75, 3.05) is 11.9 Å². The second-order valence-corrected chi connectivity index (χ2v) is 6.66. The van der Waals surface area contributed by atoms with Gasteiger partial charge in [0, 0.05) is 29.4 Å². The number of fused-ring (bicyclic) bond motifs is 1. The molecular formula is C17H19N3S. The molecule has 0 saturated carbocycles. The summed E-state index contributed by atoms with van der Waals surface area (Å²) in [4.78, 5) is 10.3. The van der Waals surface area contributed by atoms with Crippen molar-refractivity contribution in [1.82, 2.24) is 9.97 Å². The summed E-state index contributed by atoms with van der Waals surface area (Å²) in [6.45, 7) is 7.38. The maximum atomic E-state index is 4.60. The molecule has 0 atom stereocenters. The zero-order valence-electron chi connectivity index (χ0n) is 12.6. The van der Waals surface area contributed by atoms with Gasteiger partial charge in [-0.25, -0.2) is 4.98 Å². The van der Waals surface area contributed by atoms with Gasteiger partial charge in [-0.15, -0.1) is 0 Å². The molecule has 0 radical (unpaired) electrons. The van der Waals surface area contributed by atoms with E-state index < -0.39 is 0 Å². The van der Waals surface area contributed by atoms with Gasteiger partial charge in [0.2, 0.25) is 0 Å². The van der Waals surface area contributed by atoms with E-state index in [1.54, 1.807) is 11.3 Å². The topological polar surface area (TPSA) is 37.8 Å². The van der Waals surface area contributed by atoms with E-state index in [2.05, 4.69) is 53.4 Å². The summed E-state index contributed by atoms with van der Waals surface area (Å²) in [6, 6.07) is 10.4. The van der Waals surface area contributed by atoms with Crippen molar-refractivity contribution < 1.29 is 0 Å². The summed E-state index contributed by atoms with van der Waals surface area (Å²) in [7, 11) is 0. The quantitative estimate of drug-likeness (QED) is 0.756. The van der Waals surface area contributed by atoms with Gasteiger partial charge in [-0.05, 0) is 25.0 Å². The average Bonchev–Trinajstić information content (AvgIpc) is 2.93. The van der Waals surface area contributed by atoms with Crippen molar-refractivity contribution >= 4 is 27.4 Å². The lowest BCUT2D eigenvalue weighted by atomic mass is 10.1. The minimum Gasteiger partial charge on any atom is -0.361 e. The summed E-state index contributed by atoms with van der Waals surface area (Å²) in [5.41, 5.74) is 3.29. The molecule has 0 bridgehead atoms. The molecule has 108 valence electrons. The fraction of sp³-hybridized carbons (Fsp3) is 0.294. The average molecular weight is 297 g/mol. The Bertz CT molecular complexity index is 762. The van der Waals surface area contributed by atoms with Gasteiger partial charge >= 0.3 is 0 Å². The van der Waals surface area contributed by atoms with Gasteiger partial charge in [-0.3, -0.25) is 4.98 Å². The van der Waals surface area contributed by atoms with Crippen LogP contribution in [0.4, 0.5) is 5.13 Å². The zero-order chi connectivity index (χ0) is 14.8. The van der Waals surface area contributed by atoms with Crippen LogP contribution in [0.25, 0.3) is 21.3 Å². The first kappa shape index (κ1) is 14.0. The van der Waals surface area contributed by atoms with Gasteiger partial charge in [0.1, 0.15) is 0 Å². The molecular weight excluding hydrogens is 278 g/mol. The molecule has 0 amide bonds. The Balaban J connectivity index is 2.00. The van der Waals surface area contributed by atoms with E-state index in [4.69, 9.17) is 0 Å². The van der Waals surface area contributed by atoms with Crippen LogP contribution in [0.5, 0.6) is 0 Å². The second-order valence-electron chi connectivity index (χ2n) is 5.63. The molecule has 0 aliphatic carbocycles. The van der Waals surface area contributed by atoms with E-state index >= 15 is 0 Å². The number of para-hydroxylation sites is 1. The summed E-state index contributed by atoms with van der Waals surface area (Å²) in [5, 5.41) is 5.55. The molecule has 0 aliphatic rings. The van der Waals surface area contributed by atoms with Gasteiger partial charge in [0.25, 0.3) is 0 Å². The number of hydrogen-bond donors (Lipinski definition) is 1. The number of anilines is 1. The highest BCUT2D eigenvalue weighted by Crippen LogP contribution is 2.34. The molecule has 0 spiro atoms. The highest BCUT2D eigenvalue weighted by Gasteiger charge is 2.10. The molecule has 0 aliphatic heterocycles. The molecule has 3 aromatic rings. The summed E-state index contributed by atoms with van der Waals surface area (Å²) < 4.78 is 0. The second kappa shape index (κ2) is 5.82. The molecule has 0 saturated heterocycles. The molecule has 4 heteroatoms. The van der Waals surface area contributed by atoms with E-state index in [-0.39, 0.29) is 0 Å². The standard InChI is InChI=1S/C17H19N3S/c1-11(2)9-18-17-19-10-16(21-17)14-8-12(3)20-15-7-5-4-6-13(14)15/h4-8,10-11H,9H2,1-3H3,(H,18,19). The molecule has 0 fully saturated rings. The third-order valence-electron chi connectivity index (χ3n) is 3.28. The molecule has 3 nitrogen and oxygen atoms in total. The Morgan fingerprint density at radius 2 is 2.05 bits per heavy atom. The predicted octanol–water partition coefficient (Wildman–Crippen LogP) is 4.73. The van der Waals surface area contributed by atoms with Gasteiger partial charge in [-0.2, -0.15) is 0 Å². The molecule has 0 unspecified atom stereocenters. The first-order chi connectivity index (χ1) is 10.1. The number of nitrogens with one attached hydrogen (secondary N) is 1. The largest absolute Gasteiger partial charge is 0.361 e. The highest BCUT2D eigenvalue weighted by atomic mass is 32.1. The van der Waals surface area contributed by atoms with Crippen molar-refractivity contribution in [2.24, 2.45) is 5.92 Å². The van der Waals surface area contributed by atoms with Crippen LogP contribution >= 0.6 is 11.3 Å². The van der Waals surface area contributed by atoms with Crippen molar-refractivity contribution in [3.8, 4) is 10.4 Å². The van der Waals surface area contributed by atoms with Crippen LogP contribution in [0.15, 0.2) is 36.5 Å². The summed E-state index contributed by atoms with van der Waals surface area (Å²) >= 11 is 1.70. The molecule has 21 heavy (non-hydrogen) atoms. The Morgan fingerprint density at radius 3 is 2.86 bits per heavy atom. The van der Waals surface area contributed by atoms with E-state index in [9.17, 15) is 0 Å². The van der Waals surface area contributed by atoms with Gasteiger partial charge in [0.05, 0.1) is 10.4 Å². The first-order valence-electron chi connectivity index (χ1n) is 7.20. The molecule has 2 heterocycles. The molecule has 1 aromatic carbocycles. The third-order valence-corrected chi connectivity index (χ3v) is 4.27. The minimum absolute atomic E-state index is 0.612. The van der Waals surface area contributed by atoms with Gasteiger partial charge < -0.3 is 5.32 Å². The Hall–Kier alpha value is -1.94. The summed E-state index contributed by atoms with van der Waals surface area (Å²) in [5.74, 6) is 0.612. The van der Waals surface area contributed by atoms with Crippen molar-refractivity contribution in [3.63, 3.8) is 0 Å². The SMILES string of the molecule is Cc1cc(-c2cnc(NCC(C)C)s2)c2ccccc2n1. The van der Waals surface area contributed by atoms with Crippen LogP contribution in [0.3, 0.4) is 0 Å². The van der Waals surface area contributed by atoms with Gasteiger partial charge in [0.15, 0.2) is 5.13 Å². The highest BCUT2D eigenvalue weighted by molar-refractivity contribution is 7.19. The van der Waals surface area contributed by atoms with Gasteiger partial charge in [-0.1, -0.05) is 43.4 Å². The lowest BCUT2D eigenvalue weighted by Gasteiger charge is -2.06. The van der Waals surface area contributed by atoms with Crippen LogP contribution in [-0.2, 0) is 0 Å². The predicted molar refractivity (Wildman–Crippen MR) is 90.9 cm³/mol. The fourth-order valence-corrected chi connectivity index (χ4v) is 3.14. The Kier molecular flexibility index (Phi) is 3.88.